The molecule has 1 rings (SSSR count). The zero-order valence-corrected chi connectivity index (χ0v) is 24.8. The molecule has 3 unspecified atom stereocenters. The second kappa shape index (κ2) is 19.7. The van der Waals surface area contributed by atoms with E-state index < -0.39 is 36.1 Å². The van der Waals surface area contributed by atoms with E-state index in [1.54, 1.807) is 0 Å². The molecule has 1 aliphatic heterocycles. The Morgan fingerprint density at radius 1 is 1.14 bits per heavy atom. The zero-order valence-electron chi connectivity index (χ0n) is 22.7. The third-order valence-corrected chi connectivity index (χ3v) is 5.47. The summed E-state index contributed by atoms with van der Waals surface area (Å²) in [5.74, 6) is -0.253. The summed E-state index contributed by atoms with van der Waals surface area (Å²) in [6, 6.07) is 0.0375. The average Bonchev–Trinajstić information content (AvgIpc) is 2.74. The third-order valence-electron chi connectivity index (χ3n) is 5.47. The number of unbranched alkanes of at least 4 members (excludes halogenated alkanes) is 1. The minimum absolute atomic E-state index is 0. The van der Waals surface area contributed by atoms with Crippen LogP contribution >= 0.6 is 0 Å². The van der Waals surface area contributed by atoms with E-state index in [4.69, 9.17) is 14.6 Å². The van der Waals surface area contributed by atoms with Crippen LogP contribution in [-0.4, -0.2) is 75.8 Å². The summed E-state index contributed by atoms with van der Waals surface area (Å²) in [6.45, 7) is 13.8. The summed E-state index contributed by atoms with van der Waals surface area (Å²) in [5, 5.41) is 33.2. The molecule has 1 saturated heterocycles. The van der Waals surface area contributed by atoms with Gasteiger partial charge >= 0.3 is 21.1 Å². The van der Waals surface area contributed by atoms with Crippen molar-refractivity contribution in [3.8, 4) is 0 Å². The van der Waals surface area contributed by atoms with Gasteiger partial charge in [0.05, 0.1) is 12.1 Å². The number of rotatable bonds is 13. The minimum Gasteiger partial charge on any atom is -0.569 e. The summed E-state index contributed by atoms with van der Waals surface area (Å²) < 4.78 is 11.4. The van der Waals surface area contributed by atoms with Crippen molar-refractivity contribution in [3.63, 3.8) is 0 Å². The van der Waals surface area contributed by atoms with Crippen LogP contribution in [0.1, 0.15) is 74.1 Å². The molecule has 0 bridgehead atoms. The molecular formula is C25H49MoN2O7. The van der Waals surface area contributed by atoms with Crippen molar-refractivity contribution in [2.75, 3.05) is 6.54 Å². The molecule has 35 heavy (non-hydrogen) atoms. The fraction of sp³-hybridized carbons (Fsp3) is 0.800. The van der Waals surface area contributed by atoms with Gasteiger partial charge < -0.3 is 49.3 Å². The molecule has 10 heteroatoms. The Hall–Kier alpha value is -0.412. The Labute approximate surface area is 227 Å². The molecule has 5 atom stereocenters. The van der Waals surface area contributed by atoms with Crippen LogP contribution in [-0.2, 0) is 40.1 Å². The molecule has 0 saturated carbocycles. The second-order valence-electron chi connectivity index (χ2n) is 9.52. The summed E-state index contributed by atoms with van der Waals surface area (Å²) in [5.41, 5.74) is -0.636. The number of aliphatic hydroxyl groups is 3. The smallest absolute Gasteiger partial charge is 0.569 e. The summed E-state index contributed by atoms with van der Waals surface area (Å²) in [4.78, 5) is 24.9. The van der Waals surface area contributed by atoms with Crippen LogP contribution in [0.5, 0.6) is 0 Å². The van der Waals surface area contributed by atoms with E-state index in [0.29, 0.717) is 19.4 Å². The van der Waals surface area contributed by atoms with Gasteiger partial charge in [0, 0.05) is 24.9 Å². The van der Waals surface area contributed by atoms with Gasteiger partial charge in [-0.05, 0) is 19.3 Å². The molecule has 1 fully saturated rings. The number of hydrogen-bond acceptors (Lipinski definition) is 8. The topological polar surface area (TPSA) is 137 Å². The van der Waals surface area contributed by atoms with E-state index in [1.807, 2.05) is 54.9 Å². The first-order valence-electron chi connectivity index (χ1n) is 11.8. The first-order valence-corrected chi connectivity index (χ1v) is 11.8. The van der Waals surface area contributed by atoms with Crippen LogP contribution in [0.25, 0.3) is 0 Å². The molecule has 207 valence electrons. The molecule has 1 radical (unpaired) electrons. The summed E-state index contributed by atoms with van der Waals surface area (Å²) in [7, 11) is 2.25. The van der Waals surface area contributed by atoms with Crippen molar-refractivity contribution in [3.05, 3.63) is 21.0 Å². The van der Waals surface area contributed by atoms with Crippen LogP contribution in [0, 0.1) is 26.9 Å². The quantitative estimate of drug-likeness (QED) is 0.126. The molecule has 1 heterocycles. The maximum Gasteiger partial charge on any atom is 3.00 e. The number of ether oxygens (including phenoxy) is 2. The predicted molar refractivity (Wildman–Crippen MR) is 133 cm³/mol. The van der Waals surface area contributed by atoms with Gasteiger partial charge in [0.15, 0.2) is 18.2 Å². The molecule has 9 nitrogen and oxygen atoms in total. The maximum atomic E-state index is 12.5. The SMILES string of the molecule is C[CH-]C(C)(C)OC1O[C@H](C(=O)NCCCC[C@H](NC(C)C)C(=O)C(C)C)C(O)CC1O.[CH2-]O.[CH3-].[Mo+3]. The largest absolute Gasteiger partial charge is 3.00 e. The van der Waals surface area contributed by atoms with Crippen LogP contribution in [0.4, 0.5) is 0 Å². The monoisotopic (exact) mass is 587 g/mol. The van der Waals surface area contributed by atoms with Crippen molar-refractivity contribution in [2.24, 2.45) is 5.92 Å². The minimum atomic E-state index is -1.10. The molecular weight excluding hydrogens is 536 g/mol. The molecule has 0 spiro atoms. The number of Topliss-reactive ketones (excluding diaryl/α,β-unsaturated/α-hetero) is 1. The fourth-order valence-electron chi connectivity index (χ4n) is 3.42. The normalized spacial score (nSPS) is 22.9. The Balaban J connectivity index is -0.00000249. The molecule has 0 aromatic heterocycles. The van der Waals surface area contributed by atoms with E-state index in [2.05, 4.69) is 17.7 Å². The second-order valence-corrected chi connectivity index (χ2v) is 9.52. The number of hydrogen-bond donors (Lipinski definition) is 5. The van der Waals surface area contributed by atoms with Gasteiger partial charge in [-0.2, -0.15) is 6.92 Å². The summed E-state index contributed by atoms with van der Waals surface area (Å²) in [6.07, 6.45) is -0.183. The maximum absolute atomic E-state index is 12.5. The third kappa shape index (κ3) is 14.8. The fourth-order valence-corrected chi connectivity index (χ4v) is 3.42. The number of aliphatic hydroxyl groups excluding tert-OH is 3. The van der Waals surface area contributed by atoms with E-state index in [-0.39, 0.29) is 58.7 Å². The Morgan fingerprint density at radius 3 is 2.20 bits per heavy atom. The van der Waals surface area contributed by atoms with Crippen molar-refractivity contribution < 1.29 is 55.4 Å². The van der Waals surface area contributed by atoms with E-state index in [0.717, 1.165) is 6.42 Å². The molecule has 1 amide bonds. The molecule has 5 N–H and O–H groups in total. The van der Waals surface area contributed by atoms with Gasteiger partial charge in [-0.3, -0.25) is 9.59 Å². The molecule has 0 aromatic rings. The van der Waals surface area contributed by atoms with Crippen molar-refractivity contribution in [2.45, 2.75) is 116 Å². The Bertz CT molecular complexity index is 576. The first kappa shape index (κ1) is 39.1. The number of carbonyl (C=O) groups is 2. The molecule has 0 aliphatic carbocycles. The Morgan fingerprint density at radius 2 is 1.71 bits per heavy atom. The van der Waals surface area contributed by atoms with Gasteiger partial charge in [-0.15, -0.1) is 0 Å². The van der Waals surface area contributed by atoms with Gasteiger partial charge in [0.25, 0.3) is 5.91 Å². The van der Waals surface area contributed by atoms with Crippen molar-refractivity contribution in [1.82, 2.24) is 10.6 Å². The zero-order chi connectivity index (χ0) is 25.8. The van der Waals surface area contributed by atoms with Crippen LogP contribution in [0.15, 0.2) is 0 Å². The van der Waals surface area contributed by atoms with Crippen molar-refractivity contribution in [1.29, 1.82) is 0 Å². The average molecular weight is 586 g/mol. The van der Waals surface area contributed by atoms with E-state index in [9.17, 15) is 19.8 Å². The predicted octanol–water partition coefficient (Wildman–Crippen LogP) is 2.32. The standard InChI is InChI=1S/C23H43N2O6.CH3O.CH3.Mo/c1-8-23(6,7)31-22-18(27)13-17(26)20(30-22)21(29)24-12-10-9-11-16(25-15(4)5)19(28)14(2)3;1-2;;/h8,14-18,20,22,25-27H,9-13H2,1-7H3,(H,24,29);2H,1H2;1H3;/q3*-1;+3/t16-,17?,18?,20-,22?;;;/m0.../s1. The van der Waals surface area contributed by atoms with Gasteiger partial charge in [0.1, 0.15) is 6.10 Å². The van der Waals surface area contributed by atoms with Crippen LogP contribution < -0.4 is 10.6 Å². The number of nitrogens with one attached hydrogen (secondary N) is 2. The van der Waals surface area contributed by atoms with Crippen molar-refractivity contribution >= 4 is 11.7 Å². The van der Waals surface area contributed by atoms with Crippen LogP contribution in [0.2, 0.25) is 0 Å². The molecule has 0 aromatic carbocycles. The van der Waals surface area contributed by atoms with Gasteiger partial charge in [-0.25, -0.2) is 7.11 Å². The van der Waals surface area contributed by atoms with E-state index in [1.165, 1.54) is 0 Å². The number of carbonyl (C=O) groups excluding carboxylic acids is 2. The van der Waals surface area contributed by atoms with E-state index >= 15 is 0 Å². The van der Waals surface area contributed by atoms with Gasteiger partial charge in [0.2, 0.25) is 0 Å². The number of ketones is 1. The Kier molecular flexibility index (Phi) is 22.0. The van der Waals surface area contributed by atoms with Gasteiger partial charge in [-0.1, -0.05) is 47.1 Å². The molecule has 1 aliphatic rings. The summed E-state index contributed by atoms with van der Waals surface area (Å²) >= 11 is 0. The number of amides is 1. The van der Waals surface area contributed by atoms with Crippen LogP contribution in [0.3, 0.4) is 0 Å². The first-order chi connectivity index (χ1) is 15.4.